The number of hydrogen-bond acceptors (Lipinski definition) is 2. The lowest BCUT2D eigenvalue weighted by atomic mass is 10.2. The molecule has 0 radical (unpaired) electrons. The summed E-state index contributed by atoms with van der Waals surface area (Å²) in [5.74, 6) is 0.985. The van der Waals surface area contributed by atoms with Crippen LogP contribution >= 0.6 is 0 Å². The molecule has 88 valence electrons. The van der Waals surface area contributed by atoms with E-state index in [1.807, 2.05) is 0 Å². The fourth-order valence-electron chi connectivity index (χ4n) is 2.45. The van der Waals surface area contributed by atoms with Gasteiger partial charge in [0, 0.05) is 31.2 Å². The van der Waals surface area contributed by atoms with Crippen LogP contribution in [-0.4, -0.2) is 36.1 Å². The van der Waals surface area contributed by atoms with Gasteiger partial charge in [0.25, 0.3) is 0 Å². The van der Waals surface area contributed by atoms with E-state index in [4.69, 9.17) is 0 Å². The van der Waals surface area contributed by atoms with Gasteiger partial charge in [-0.1, -0.05) is 0 Å². The Kier molecular flexibility index (Phi) is 3.68. The summed E-state index contributed by atoms with van der Waals surface area (Å²) in [5.41, 5.74) is 0. The predicted molar refractivity (Wildman–Crippen MR) is 65.1 cm³/mol. The highest BCUT2D eigenvalue weighted by Crippen LogP contribution is 2.32. The molecule has 2 saturated carbocycles. The van der Waals surface area contributed by atoms with Gasteiger partial charge in [0.2, 0.25) is 0 Å². The first-order valence-electron chi connectivity index (χ1n) is 6.67. The molecule has 0 bridgehead atoms. The van der Waals surface area contributed by atoms with E-state index >= 15 is 0 Å². The van der Waals surface area contributed by atoms with Crippen LogP contribution in [0.1, 0.15) is 46.5 Å². The zero-order chi connectivity index (χ0) is 10.8. The maximum absolute atomic E-state index is 3.67. The average Bonchev–Trinajstić information content (AvgIpc) is 3.04. The van der Waals surface area contributed by atoms with Crippen LogP contribution in [0.15, 0.2) is 0 Å². The third kappa shape index (κ3) is 3.46. The predicted octanol–water partition coefficient (Wildman–Crippen LogP) is 2.25. The Morgan fingerprint density at radius 1 is 1.13 bits per heavy atom. The molecular weight excluding hydrogens is 184 g/mol. The highest BCUT2D eigenvalue weighted by atomic mass is 15.2. The van der Waals surface area contributed by atoms with E-state index in [9.17, 15) is 0 Å². The van der Waals surface area contributed by atoms with Crippen molar-refractivity contribution in [3.05, 3.63) is 0 Å². The topological polar surface area (TPSA) is 15.3 Å². The van der Waals surface area contributed by atoms with Gasteiger partial charge in [-0.05, 0) is 52.4 Å². The van der Waals surface area contributed by atoms with Crippen molar-refractivity contribution >= 4 is 0 Å². The molecule has 2 heteroatoms. The quantitative estimate of drug-likeness (QED) is 0.693. The summed E-state index contributed by atoms with van der Waals surface area (Å²) in [5, 5.41) is 3.67. The largest absolute Gasteiger partial charge is 0.313 e. The second-order valence-corrected chi connectivity index (χ2v) is 5.64. The van der Waals surface area contributed by atoms with E-state index in [2.05, 4.69) is 31.0 Å². The van der Waals surface area contributed by atoms with E-state index in [-0.39, 0.29) is 0 Å². The summed E-state index contributed by atoms with van der Waals surface area (Å²) in [6.07, 6.45) is 5.75. The zero-order valence-corrected chi connectivity index (χ0v) is 10.5. The van der Waals surface area contributed by atoms with Gasteiger partial charge in [-0.3, -0.25) is 4.90 Å². The maximum atomic E-state index is 3.67. The lowest BCUT2D eigenvalue weighted by molar-refractivity contribution is 0.208. The van der Waals surface area contributed by atoms with Crippen LogP contribution in [0.3, 0.4) is 0 Å². The minimum Gasteiger partial charge on any atom is -0.313 e. The maximum Gasteiger partial charge on any atom is 0.0113 e. The third-order valence-corrected chi connectivity index (χ3v) is 3.84. The van der Waals surface area contributed by atoms with Gasteiger partial charge < -0.3 is 5.32 Å². The van der Waals surface area contributed by atoms with Crippen molar-refractivity contribution < 1.29 is 0 Å². The monoisotopic (exact) mass is 210 g/mol. The highest BCUT2D eigenvalue weighted by molar-refractivity contribution is 4.87. The number of nitrogens with zero attached hydrogens (tertiary/aromatic N) is 1. The van der Waals surface area contributed by atoms with Crippen LogP contribution in [0.5, 0.6) is 0 Å². The Morgan fingerprint density at radius 2 is 1.80 bits per heavy atom. The van der Waals surface area contributed by atoms with Crippen LogP contribution in [-0.2, 0) is 0 Å². The molecule has 0 aliphatic heterocycles. The molecule has 2 nitrogen and oxygen atoms in total. The Hall–Kier alpha value is -0.0800. The Bertz CT molecular complexity index is 193. The highest BCUT2D eigenvalue weighted by Gasteiger charge is 2.31. The second kappa shape index (κ2) is 4.84. The van der Waals surface area contributed by atoms with Gasteiger partial charge in [0.1, 0.15) is 0 Å². The number of hydrogen-bond donors (Lipinski definition) is 1. The minimum absolute atomic E-state index is 0.718. The van der Waals surface area contributed by atoms with Crippen molar-refractivity contribution in [3.63, 3.8) is 0 Å². The fraction of sp³-hybridized carbons (Fsp3) is 1.00. The summed E-state index contributed by atoms with van der Waals surface area (Å²) in [4.78, 5) is 2.66. The van der Waals surface area contributed by atoms with Crippen LogP contribution in [0.4, 0.5) is 0 Å². The smallest absolute Gasteiger partial charge is 0.0113 e. The van der Waals surface area contributed by atoms with E-state index < -0.39 is 0 Å². The fourth-order valence-corrected chi connectivity index (χ4v) is 2.45. The molecule has 1 N–H and O–H groups in total. The van der Waals surface area contributed by atoms with E-state index in [1.165, 1.54) is 38.8 Å². The average molecular weight is 210 g/mol. The summed E-state index contributed by atoms with van der Waals surface area (Å²) >= 11 is 0. The van der Waals surface area contributed by atoms with E-state index in [0.29, 0.717) is 0 Å². The molecule has 0 spiro atoms. The third-order valence-electron chi connectivity index (χ3n) is 3.84. The zero-order valence-electron chi connectivity index (χ0n) is 10.5. The summed E-state index contributed by atoms with van der Waals surface area (Å²) < 4.78 is 0. The van der Waals surface area contributed by atoms with Gasteiger partial charge >= 0.3 is 0 Å². The molecule has 0 aromatic carbocycles. The van der Waals surface area contributed by atoms with E-state index in [0.717, 1.165) is 24.0 Å². The first kappa shape index (κ1) is 11.4. The molecule has 0 heterocycles. The molecule has 0 amide bonds. The number of nitrogens with one attached hydrogen (secondary N) is 1. The lowest BCUT2D eigenvalue weighted by Crippen LogP contribution is -2.41. The summed E-state index contributed by atoms with van der Waals surface area (Å²) in [7, 11) is 0. The molecule has 1 atom stereocenters. The first-order valence-corrected chi connectivity index (χ1v) is 6.67. The molecule has 2 fully saturated rings. The standard InChI is InChI=1S/C13H26N2/c1-10(2)15(13-6-7-13)9-8-14-11(3)12-4-5-12/h10-14H,4-9H2,1-3H3. The van der Waals surface area contributed by atoms with Crippen LogP contribution < -0.4 is 5.32 Å². The summed E-state index contributed by atoms with van der Waals surface area (Å²) in [6.45, 7) is 9.39. The Morgan fingerprint density at radius 3 is 2.27 bits per heavy atom. The van der Waals surface area contributed by atoms with Crippen molar-refractivity contribution in [2.24, 2.45) is 5.92 Å². The van der Waals surface area contributed by atoms with Crippen LogP contribution in [0.2, 0.25) is 0 Å². The summed E-state index contributed by atoms with van der Waals surface area (Å²) in [6, 6.07) is 2.37. The van der Waals surface area contributed by atoms with Gasteiger partial charge in [-0.25, -0.2) is 0 Å². The van der Waals surface area contributed by atoms with Crippen molar-refractivity contribution in [2.45, 2.75) is 64.6 Å². The molecule has 1 unspecified atom stereocenters. The molecule has 15 heavy (non-hydrogen) atoms. The van der Waals surface area contributed by atoms with Crippen molar-refractivity contribution in [1.82, 2.24) is 10.2 Å². The van der Waals surface area contributed by atoms with Gasteiger partial charge in [0.05, 0.1) is 0 Å². The Balaban J connectivity index is 1.62. The molecule has 2 aliphatic rings. The molecule has 2 rings (SSSR count). The van der Waals surface area contributed by atoms with Crippen molar-refractivity contribution in [3.8, 4) is 0 Å². The molecule has 2 aliphatic carbocycles. The normalized spacial score (nSPS) is 23.8. The van der Waals surface area contributed by atoms with Crippen molar-refractivity contribution in [1.29, 1.82) is 0 Å². The van der Waals surface area contributed by atoms with Crippen molar-refractivity contribution in [2.75, 3.05) is 13.1 Å². The van der Waals surface area contributed by atoms with Crippen LogP contribution in [0.25, 0.3) is 0 Å². The van der Waals surface area contributed by atoms with Crippen LogP contribution in [0, 0.1) is 5.92 Å². The van der Waals surface area contributed by atoms with E-state index in [1.54, 1.807) is 0 Å². The van der Waals surface area contributed by atoms with Gasteiger partial charge in [-0.15, -0.1) is 0 Å². The number of rotatable bonds is 7. The molecule has 0 saturated heterocycles. The molecule has 0 aromatic heterocycles. The lowest BCUT2D eigenvalue weighted by Gasteiger charge is -2.27. The van der Waals surface area contributed by atoms with Gasteiger partial charge in [0.15, 0.2) is 0 Å². The minimum atomic E-state index is 0.718. The Labute approximate surface area is 94.4 Å². The second-order valence-electron chi connectivity index (χ2n) is 5.64. The first-order chi connectivity index (χ1) is 7.18. The molecule has 0 aromatic rings. The molecular formula is C13H26N2. The van der Waals surface area contributed by atoms with Gasteiger partial charge in [-0.2, -0.15) is 0 Å². The SMILES string of the molecule is CC(NCCN(C(C)C)C1CC1)C1CC1.